The van der Waals surface area contributed by atoms with Crippen molar-refractivity contribution >= 4 is 27.7 Å². The van der Waals surface area contributed by atoms with E-state index in [0.29, 0.717) is 56.4 Å². The van der Waals surface area contributed by atoms with Crippen molar-refractivity contribution in [3.05, 3.63) is 77.5 Å². The van der Waals surface area contributed by atoms with Crippen LogP contribution < -0.4 is 15.0 Å². The van der Waals surface area contributed by atoms with Crippen LogP contribution in [0, 0.1) is 5.92 Å². The number of amides is 1. The average Bonchev–Trinajstić information content (AvgIpc) is 3.40. The normalized spacial score (nSPS) is 16.9. The summed E-state index contributed by atoms with van der Waals surface area (Å²) in [6.07, 6.45) is 5.03. The average molecular weight is 536 g/mol. The molecule has 3 heterocycles. The highest BCUT2D eigenvalue weighted by Crippen LogP contribution is 2.29. The Balaban J connectivity index is 1.40. The molecular weight excluding hydrogens is 502 g/mol. The molecule has 2 aliphatic heterocycles. The molecule has 1 saturated heterocycles. The van der Waals surface area contributed by atoms with Crippen LogP contribution in [0.5, 0.6) is 5.75 Å². The lowest BCUT2D eigenvalue weighted by Crippen LogP contribution is -2.43. The Hall–Kier alpha value is -3.50. The summed E-state index contributed by atoms with van der Waals surface area (Å²) >= 11 is 0. The van der Waals surface area contributed by atoms with Crippen LogP contribution in [0.4, 0.5) is 11.8 Å². The summed E-state index contributed by atoms with van der Waals surface area (Å²) in [4.78, 5) is 24.7. The number of ether oxygens (including phenoxy) is 1. The molecule has 0 saturated carbocycles. The fraction of sp³-hybridized carbons (Fsp3) is 0.393. The second-order valence-electron chi connectivity index (χ2n) is 9.96. The topological polar surface area (TPSA) is 105 Å². The molecular formula is C28H33N5O4S. The third-order valence-corrected chi connectivity index (χ3v) is 8.53. The van der Waals surface area contributed by atoms with Crippen LogP contribution in [0.15, 0.2) is 60.8 Å². The van der Waals surface area contributed by atoms with E-state index in [2.05, 4.69) is 10.3 Å². The van der Waals surface area contributed by atoms with Crippen LogP contribution in [-0.2, 0) is 16.4 Å². The summed E-state index contributed by atoms with van der Waals surface area (Å²) in [5, 5.41) is 3.34. The second kappa shape index (κ2) is 11.1. The second-order valence-corrected chi connectivity index (χ2v) is 11.9. The molecule has 1 aromatic heterocycles. The molecule has 0 bridgehead atoms. The van der Waals surface area contributed by atoms with Gasteiger partial charge in [0.05, 0.1) is 18.9 Å². The van der Waals surface area contributed by atoms with Gasteiger partial charge in [-0.2, -0.15) is 4.98 Å². The van der Waals surface area contributed by atoms with Crippen LogP contribution in [0.3, 0.4) is 0 Å². The molecule has 0 unspecified atom stereocenters. The monoisotopic (exact) mass is 535 g/mol. The Morgan fingerprint density at radius 3 is 2.66 bits per heavy atom. The largest absolute Gasteiger partial charge is 0.493 e. The van der Waals surface area contributed by atoms with E-state index >= 15 is 0 Å². The summed E-state index contributed by atoms with van der Waals surface area (Å²) in [5.41, 5.74) is 2.71. The summed E-state index contributed by atoms with van der Waals surface area (Å²) in [5.74, 6) is 1.76. The van der Waals surface area contributed by atoms with E-state index in [4.69, 9.17) is 9.72 Å². The van der Waals surface area contributed by atoms with E-state index in [1.54, 1.807) is 23.2 Å². The lowest BCUT2D eigenvalue weighted by molar-refractivity contribution is 0.0978. The number of hydrogen-bond donors (Lipinski definition) is 1. The van der Waals surface area contributed by atoms with Gasteiger partial charge in [-0.1, -0.05) is 30.3 Å². The molecule has 0 radical (unpaired) electrons. The van der Waals surface area contributed by atoms with Gasteiger partial charge in [0.1, 0.15) is 11.6 Å². The molecule has 5 rings (SSSR count). The van der Waals surface area contributed by atoms with E-state index in [9.17, 15) is 13.2 Å². The predicted octanol–water partition coefficient (Wildman–Crippen LogP) is 3.90. The molecule has 0 spiro atoms. The molecule has 2 aliphatic rings. The number of aromatic nitrogens is 2. The molecule has 38 heavy (non-hydrogen) atoms. The number of anilines is 2. The first-order valence-electron chi connectivity index (χ1n) is 12.9. The van der Waals surface area contributed by atoms with Gasteiger partial charge >= 0.3 is 0 Å². The van der Waals surface area contributed by atoms with Crippen LogP contribution in [-0.4, -0.2) is 61.1 Å². The van der Waals surface area contributed by atoms with Crippen LogP contribution >= 0.6 is 0 Å². The van der Waals surface area contributed by atoms with Gasteiger partial charge in [0.15, 0.2) is 0 Å². The Bertz CT molecular complexity index is 1390. The highest BCUT2D eigenvalue weighted by molar-refractivity contribution is 7.88. The fourth-order valence-corrected chi connectivity index (χ4v) is 5.90. The molecule has 3 aromatic rings. The van der Waals surface area contributed by atoms with Gasteiger partial charge in [-0.25, -0.2) is 17.7 Å². The standard InChI is InChI=1S/C28H33N5O4S/c1-20(22-6-4-3-5-7-22)30-28-29-14-10-26(31-28)33(19-21-11-15-32(16-12-21)38(2,35)36)27(34)24-8-9-25-23(18-24)13-17-37-25/h3-10,14,18,20-21H,11-13,15-17,19H2,1-2H3,(H,29,30,31)/t20-/m0/s1. The fourth-order valence-electron chi connectivity index (χ4n) is 5.03. The van der Waals surface area contributed by atoms with Gasteiger partial charge in [-0.15, -0.1) is 0 Å². The van der Waals surface area contributed by atoms with Crippen LogP contribution in [0.1, 0.15) is 47.3 Å². The number of piperidine rings is 1. The summed E-state index contributed by atoms with van der Waals surface area (Å²) < 4.78 is 31.1. The third-order valence-electron chi connectivity index (χ3n) is 7.23. The molecule has 10 heteroatoms. The summed E-state index contributed by atoms with van der Waals surface area (Å²) in [6, 6.07) is 17.3. The highest BCUT2D eigenvalue weighted by Gasteiger charge is 2.29. The number of benzene rings is 2. The quantitative estimate of drug-likeness (QED) is 0.466. The van der Waals surface area contributed by atoms with Gasteiger partial charge in [-0.05, 0) is 61.1 Å². The number of carbonyl (C=O) groups is 1. The molecule has 0 aliphatic carbocycles. The first-order valence-corrected chi connectivity index (χ1v) is 14.8. The van der Waals surface area contributed by atoms with Gasteiger partial charge in [-0.3, -0.25) is 9.69 Å². The van der Waals surface area contributed by atoms with E-state index in [1.165, 1.54) is 10.6 Å². The van der Waals surface area contributed by atoms with Gasteiger partial charge in [0.25, 0.3) is 5.91 Å². The number of hydrogen-bond acceptors (Lipinski definition) is 7. The Morgan fingerprint density at radius 1 is 1.16 bits per heavy atom. The smallest absolute Gasteiger partial charge is 0.259 e. The zero-order valence-electron chi connectivity index (χ0n) is 21.7. The van der Waals surface area contributed by atoms with Gasteiger partial charge in [0, 0.05) is 37.8 Å². The van der Waals surface area contributed by atoms with Crippen LogP contribution in [0.25, 0.3) is 0 Å². The zero-order chi connectivity index (χ0) is 26.7. The molecule has 1 N–H and O–H groups in total. The Labute approximate surface area is 223 Å². The first-order chi connectivity index (χ1) is 18.3. The van der Waals surface area contributed by atoms with E-state index in [0.717, 1.165) is 23.3 Å². The zero-order valence-corrected chi connectivity index (χ0v) is 22.5. The number of sulfonamides is 1. The van der Waals surface area contributed by atoms with Crippen molar-refractivity contribution in [2.75, 3.05) is 42.7 Å². The molecule has 9 nitrogen and oxygen atoms in total. The third kappa shape index (κ3) is 5.97. The number of nitrogens with zero attached hydrogens (tertiary/aromatic N) is 4. The molecule has 2 aromatic carbocycles. The maximum absolute atomic E-state index is 13.9. The van der Waals surface area contributed by atoms with Gasteiger partial charge in [0.2, 0.25) is 16.0 Å². The highest BCUT2D eigenvalue weighted by atomic mass is 32.2. The minimum absolute atomic E-state index is 0.0207. The minimum atomic E-state index is -3.22. The SMILES string of the molecule is C[C@H](Nc1nccc(N(CC2CCN(S(C)(=O)=O)CC2)C(=O)c2ccc3c(c2)CCO3)n1)c1ccccc1. The summed E-state index contributed by atoms with van der Waals surface area (Å²) in [7, 11) is -3.22. The van der Waals surface area contributed by atoms with E-state index < -0.39 is 10.0 Å². The lowest BCUT2D eigenvalue weighted by Gasteiger charge is -2.33. The maximum atomic E-state index is 13.9. The Morgan fingerprint density at radius 2 is 1.92 bits per heavy atom. The molecule has 1 amide bonds. The lowest BCUT2D eigenvalue weighted by atomic mass is 9.97. The van der Waals surface area contributed by atoms with Crippen molar-refractivity contribution in [1.29, 1.82) is 0 Å². The van der Waals surface area contributed by atoms with Crippen molar-refractivity contribution < 1.29 is 17.9 Å². The van der Waals surface area contributed by atoms with E-state index in [1.807, 2.05) is 49.4 Å². The summed E-state index contributed by atoms with van der Waals surface area (Å²) in [6.45, 7) is 4.00. The van der Waals surface area contributed by atoms with Gasteiger partial charge < -0.3 is 10.1 Å². The van der Waals surface area contributed by atoms with Crippen molar-refractivity contribution in [2.45, 2.75) is 32.2 Å². The molecule has 1 fully saturated rings. The van der Waals surface area contributed by atoms with Crippen molar-refractivity contribution in [3.63, 3.8) is 0 Å². The number of rotatable bonds is 8. The number of fused-ring (bicyclic) bond motifs is 1. The minimum Gasteiger partial charge on any atom is -0.493 e. The molecule has 1 atom stereocenters. The Kier molecular flexibility index (Phi) is 7.62. The number of nitrogens with one attached hydrogen (secondary N) is 1. The maximum Gasteiger partial charge on any atom is 0.259 e. The van der Waals surface area contributed by atoms with Crippen LogP contribution in [0.2, 0.25) is 0 Å². The van der Waals surface area contributed by atoms with E-state index in [-0.39, 0.29) is 17.9 Å². The number of carbonyl (C=O) groups excluding carboxylic acids is 1. The predicted molar refractivity (Wildman–Crippen MR) is 147 cm³/mol. The van der Waals surface area contributed by atoms with Crippen molar-refractivity contribution in [2.24, 2.45) is 5.92 Å². The molecule has 200 valence electrons. The van der Waals surface area contributed by atoms with Crippen molar-refractivity contribution in [1.82, 2.24) is 14.3 Å². The first kappa shape index (κ1) is 26.1. The van der Waals surface area contributed by atoms with Crippen molar-refractivity contribution in [3.8, 4) is 5.75 Å².